The highest BCUT2D eigenvalue weighted by Crippen LogP contribution is 2.33. The first-order valence-corrected chi connectivity index (χ1v) is 6.66. The van der Waals surface area contributed by atoms with Gasteiger partial charge in [-0.05, 0) is 18.1 Å². The number of nitrogens with zero attached hydrogens (tertiary/aromatic N) is 2. The molecule has 6 nitrogen and oxygen atoms in total. The second-order valence-electron chi connectivity index (χ2n) is 4.82. The molecule has 21 heavy (non-hydrogen) atoms. The Labute approximate surface area is 122 Å². The molecule has 0 saturated carbocycles. The Hall–Kier alpha value is -2.50. The number of fused-ring (bicyclic) bond motifs is 1. The van der Waals surface area contributed by atoms with E-state index in [9.17, 15) is 4.79 Å². The van der Waals surface area contributed by atoms with Crippen LogP contribution in [0.1, 0.15) is 21.7 Å². The summed E-state index contributed by atoms with van der Waals surface area (Å²) < 4.78 is 15.6. The fraction of sp³-hybridized carbons (Fsp3) is 0.333. The lowest BCUT2D eigenvalue weighted by Gasteiger charge is -2.29. The van der Waals surface area contributed by atoms with E-state index >= 15 is 0 Å². The van der Waals surface area contributed by atoms with Crippen LogP contribution in [0.2, 0.25) is 0 Å². The predicted molar refractivity (Wildman–Crippen MR) is 74.5 cm³/mol. The molecule has 3 rings (SSSR count). The lowest BCUT2D eigenvalue weighted by molar-refractivity contribution is 0.0691. The van der Waals surface area contributed by atoms with Crippen LogP contribution in [0.25, 0.3) is 0 Å². The first-order chi connectivity index (χ1) is 10.2. The van der Waals surface area contributed by atoms with Gasteiger partial charge < -0.3 is 18.9 Å². The highest BCUT2D eigenvalue weighted by atomic mass is 16.5. The maximum Gasteiger partial charge on any atom is 0.292 e. The molecule has 1 amide bonds. The summed E-state index contributed by atoms with van der Waals surface area (Å²) in [6.45, 7) is 1.12. The van der Waals surface area contributed by atoms with Crippen molar-refractivity contribution in [3.05, 3.63) is 41.3 Å². The Kier molecular flexibility index (Phi) is 3.51. The number of rotatable bonds is 3. The van der Waals surface area contributed by atoms with Crippen molar-refractivity contribution in [2.75, 3.05) is 20.8 Å². The first-order valence-electron chi connectivity index (χ1n) is 6.66. The van der Waals surface area contributed by atoms with Gasteiger partial charge in [-0.15, -0.1) is 0 Å². The molecule has 0 spiro atoms. The summed E-state index contributed by atoms with van der Waals surface area (Å²) in [4.78, 5) is 14.1. The van der Waals surface area contributed by atoms with Crippen LogP contribution >= 0.6 is 0 Å². The molecule has 0 bridgehead atoms. The van der Waals surface area contributed by atoms with Gasteiger partial charge in [-0.3, -0.25) is 4.79 Å². The summed E-state index contributed by atoms with van der Waals surface area (Å²) in [6.07, 6.45) is 2.22. The summed E-state index contributed by atoms with van der Waals surface area (Å²) in [7, 11) is 3.25. The number of carbonyl (C=O) groups is 1. The van der Waals surface area contributed by atoms with Gasteiger partial charge in [0.25, 0.3) is 5.91 Å². The van der Waals surface area contributed by atoms with Gasteiger partial charge >= 0.3 is 0 Å². The molecule has 1 aliphatic heterocycles. The molecule has 0 radical (unpaired) electrons. The SMILES string of the molecule is COc1cc2c(c(OC)c1)CN(C(=O)c1ccno1)CC2. The minimum Gasteiger partial charge on any atom is -0.497 e. The van der Waals surface area contributed by atoms with Crippen LogP contribution in [0.4, 0.5) is 0 Å². The van der Waals surface area contributed by atoms with Crippen molar-refractivity contribution in [1.29, 1.82) is 0 Å². The maximum atomic E-state index is 12.3. The largest absolute Gasteiger partial charge is 0.497 e. The lowest BCUT2D eigenvalue weighted by atomic mass is 9.98. The van der Waals surface area contributed by atoms with Gasteiger partial charge in [0.2, 0.25) is 5.76 Å². The Bertz CT molecular complexity index is 635. The summed E-state index contributed by atoms with van der Waals surface area (Å²) in [5.74, 6) is 1.60. The van der Waals surface area contributed by atoms with Gasteiger partial charge in [-0.25, -0.2) is 0 Å². The molecule has 0 unspecified atom stereocenters. The zero-order chi connectivity index (χ0) is 14.8. The van der Waals surface area contributed by atoms with E-state index in [1.54, 1.807) is 25.2 Å². The van der Waals surface area contributed by atoms with Gasteiger partial charge in [-0.1, -0.05) is 5.16 Å². The fourth-order valence-corrected chi connectivity index (χ4v) is 2.56. The number of hydrogen-bond donors (Lipinski definition) is 0. The van der Waals surface area contributed by atoms with Gasteiger partial charge in [0.1, 0.15) is 11.5 Å². The zero-order valence-electron chi connectivity index (χ0n) is 12.0. The number of ether oxygens (including phenoxy) is 2. The minimum atomic E-state index is -0.156. The van der Waals surface area contributed by atoms with Crippen molar-refractivity contribution in [1.82, 2.24) is 10.1 Å². The van der Waals surface area contributed by atoms with Crippen LogP contribution in [0, 0.1) is 0 Å². The monoisotopic (exact) mass is 288 g/mol. The van der Waals surface area contributed by atoms with E-state index < -0.39 is 0 Å². The van der Waals surface area contributed by atoms with E-state index in [0.717, 1.165) is 29.0 Å². The van der Waals surface area contributed by atoms with Crippen LogP contribution in [0.3, 0.4) is 0 Å². The average Bonchev–Trinajstić information content (AvgIpc) is 3.06. The zero-order valence-corrected chi connectivity index (χ0v) is 12.0. The van der Waals surface area contributed by atoms with Crippen LogP contribution in [-0.2, 0) is 13.0 Å². The van der Waals surface area contributed by atoms with Crippen molar-refractivity contribution in [3.8, 4) is 11.5 Å². The molecule has 0 fully saturated rings. The molecule has 2 aromatic rings. The molecule has 1 aromatic heterocycles. The van der Waals surface area contributed by atoms with Crippen LogP contribution in [0.5, 0.6) is 11.5 Å². The molecule has 1 aromatic carbocycles. The second kappa shape index (κ2) is 5.47. The number of amides is 1. The molecule has 2 heterocycles. The van der Waals surface area contributed by atoms with E-state index in [2.05, 4.69) is 5.16 Å². The predicted octanol–water partition coefficient (Wildman–Crippen LogP) is 1.89. The molecule has 0 aliphatic carbocycles. The fourth-order valence-electron chi connectivity index (χ4n) is 2.56. The molecule has 110 valence electrons. The second-order valence-corrected chi connectivity index (χ2v) is 4.82. The minimum absolute atomic E-state index is 0.156. The smallest absolute Gasteiger partial charge is 0.292 e. The van der Waals surface area contributed by atoms with E-state index in [1.165, 1.54) is 6.20 Å². The van der Waals surface area contributed by atoms with Crippen molar-refractivity contribution in [2.45, 2.75) is 13.0 Å². The average molecular weight is 288 g/mol. The number of benzene rings is 1. The molecular weight excluding hydrogens is 272 g/mol. The van der Waals surface area contributed by atoms with Crippen LogP contribution in [-0.4, -0.2) is 36.7 Å². The number of methoxy groups -OCH3 is 2. The van der Waals surface area contributed by atoms with Crippen molar-refractivity contribution in [3.63, 3.8) is 0 Å². The molecule has 0 N–H and O–H groups in total. The quantitative estimate of drug-likeness (QED) is 0.863. The third kappa shape index (κ3) is 2.44. The number of hydrogen-bond acceptors (Lipinski definition) is 5. The van der Waals surface area contributed by atoms with Gasteiger partial charge in [0.15, 0.2) is 0 Å². The molecule has 0 saturated heterocycles. The number of carbonyl (C=O) groups excluding carboxylic acids is 1. The van der Waals surface area contributed by atoms with E-state index in [-0.39, 0.29) is 11.7 Å². The number of aromatic nitrogens is 1. The summed E-state index contributed by atoms with van der Waals surface area (Å²) >= 11 is 0. The normalized spacial score (nSPS) is 13.7. The Morgan fingerprint density at radius 3 is 2.86 bits per heavy atom. The highest BCUT2D eigenvalue weighted by Gasteiger charge is 2.26. The van der Waals surface area contributed by atoms with Gasteiger partial charge in [0, 0.05) is 24.2 Å². The van der Waals surface area contributed by atoms with E-state index in [4.69, 9.17) is 14.0 Å². The topological polar surface area (TPSA) is 64.8 Å². The van der Waals surface area contributed by atoms with Crippen LogP contribution < -0.4 is 9.47 Å². The lowest BCUT2D eigenvalue weighted by Crippen LogP contribution is -2.36. The van der Waals surface area contributed by atoms with Gasteiger partial charge in [0.05, 0.1) is 27.0 Å². The van der Waals surface area contributed by atoms with E-state index in [1.807, 2.05) is 12.1 Å². The van der Waals surface area contributed by atoms with Crippen molar-refractivity contribution in [2.24, 2.45) is 0 Å². The van der Waals surface area contributed by atoms with Crippen molar-refractivity contribution >= 4 is 5.91 Å². The molecule has 1 aliphatic rings. The molecule has 6 heteroatoms. The van der Waals surface area contributed by atoms with E-state index in [0.29, 0.717) is 13.1 Å². The standard InChI is InChI=1S/C15H16N2O4/c1-19-11-7-10-4-6-17(9-12(10)14(8-11)20-2)15(18)13-3-5-16-21-13/h3,5,7-8H,4,6,9H2,1-2H3. The molecule has 0 atom stereocenters. The Balaban J connectivity index is 1.90. The molecular formula is C15H16N2O4. The van der Waals surface area contributed by atoms with Crippen molar-refractivity contribution < 1.29 is 18.8 Å². The Morgan fingerprint density at radius 1 is 1.33 bits per heavy atom. The Morgan fingerprint density at radius 2 is 2.19 bits per heavy atom. The summed E-state index contributed by atoms with van der Waals surface area (Å²) in [5.41, 5.74) is 2.16. The third-order valence-corrected chi connectivity index (χ3v) is 3.67. The summed E-state index contributed by atoms with van der Waals surface area (Å²) in [5, 5.41) is 3.58. The van der Waals surface area contributed by atoms with Gasteiger partial charge in [-0.2, -0.15) is 0 Å². The maximum absolute atomic E-state index is 12.3. The third-order valence-electron chi connectivity index (χ3n) is 3.67. The van der Waals surface area contributed by atoms with Crippen LogP contribution in [0.15, 0.2) is 28.9 Å². The summed E-state index contributed by atoms with van der Waals surface area (Å²) in [6, 6.07) is 5.40. The highest BCUT2D eigenvalue weighted by molar-refractivity contribution is 5.91. The first kappa shape index (κ1) is 13.5.